The van der Waals surface area contributed by atoms with Crippen molar-refractivity contribution in [3.63, 3.8) is 0 Å². The van der Waals surface area contributed by atoms with Gasteiger partial charge in [0.15, 0.2) is 0 Å². The number of rotatable bonds is 5. The Labute approximate surface area is 181 Å². The molecule has 1 unspecified atom stereocenters. The van der Waals surface area contributed by atoms with E-state index < -0.39 is 0 Å². The molecule has 0 radical (unpaired) electrons. The minimum atomic E-state index is -0.271. The van der Waals surface area contributed by atoms with Crippen LogP contribution in [0.3, 0.4) is 0 Å². The van der Waals surface area contributed by atoms with Gasteiger partial charge in [-0.2, -0.15) is 0 Å². The fourth-order valence-corrected chi connectivity index (χ4v) is 4.26. The molecule has 5 rings (SSSR count). The lowest BCUT2D eigenvalue weighted by Crippen LogP contribution is -2.25. The molecule has 6 heteroatoms. The van der Waals surface area contributed by atoms with Crippen LogP contribution in [0.2, 0.25) is 0 Å². The van der Waals surface area contributed by atoms with Gasteiger partial charge in [0.05, 0.1) is 23.6 Å². The molecule has 0 spiro atoms. The van der Waals surface area contributed by atoms with Crippen LogP contribution >= 0.6 is 0 Å². The monoisotopic (exact) mass is 416 g/mol. The summed E-state index contributed by atoms with van der Waals surface area (Å²) >= 11 is 0. The molecule has 31 heavy (non-hydrogen) atoms. The second kappa shape index (κ2) is 8.12. The average Bonchev–Trinajstić information content (AvgIpc) is 3.14. The zero-order valence-corrected chi connectivity index (χ0v) is 17.8. The highest BCUT2D eigenvalue weighted by molar-refractivity contribution is 5.83. The van der Waals surface area contributed by atoms with Gasteiger partial charge in [-0.1, -0.05) is 18.2 Å². The van der Waals surface area contributed by atoms with Crippen LogP contribution in [0.25, 0.3) is 22.2 Å². The van der Waals surface area contributed by atoms with Gasteiger partial charge >= 0.3 is 0 Å². The van der Waals surface area contributed by atoms with Crippen LogP contribution in [0.15, 0.2) is 60.9 Å². The average molecular weight is 417 g/mol. The molecule has 0 saturated heterocycles. The Balaban J connectivity index is 1.61. The molecule has 2 aromatic carbocycles. The Hall–Kier alpha value is -3.25. The van der Waals surface area contributed by atoms with E-state index in [4.69, 9.17) is 9.72 Å². The Morgan fingerprint density at radius 3 is 2.74 bits per heavy atom. The third-order valence-corrected chi connectivity index (χ3v) is 5.87. The second-order valence-electron chi connectivity index (χ2n) is 8.30. The predicted molar refractivity (Wildman–Crippen MR) is 120 cm³/mol. The zero-order chi connectivity index (χ0) is 21.4. The molecule has 1 atom stereocenters. The summed E-state index contributed by atoms with van der Waals surface area (Å²) < 4.78 is 23.3. The fourth-order valence-electron chi connectivity index (χ4n) is 4.26. The van der Waals surface area contributed by atoms with Crippen LogP contribution in [0.5, 0.6) is 5.75 Å². The number of fused-ring (bicyclic) bond motifs is 2. The minimum Gasteiger partial charge on any atom is -0.493 e. The van der Waals surface area contributed by atoms with Crippen molar-refractivity contribution in [3.05, 3.63) is 78.1 Å². The third-order valence-electron chi connectivity index (χ3n) is 5.87. The first-order chi connectivity index (χ1) is 15.1. The van der Waals surface area contributed by atoms with Crippen molar-refractivity contribution in [1.29, 1.82) is 0 Å². The van der Waals surface area contributed by atoms with Crippen molar-refractivity contribution >= 4 is 11.0 Å². The fraction of sp³-hybridized carbons (Fsp3) is 0.280. The Bertz CT molecular complexity index is 1220. The van der Waals surface area contributed by atoms with E-state index in [1.807, 2.05) is 36.4 Å². The highest BCUT2D eigenvalue weighted by Crippen LogP contribution is 2.35. The Morgan fingerprint density at radius 2 is 1.94 bits per heavy atom. The molecule has 0 aliphatic carbocycles. The SMILES string of the molecule is CN(C)CCn1c(C2COc3ccccc3C2)nc2cc(F)c(-c3ccncc3)cc21. The minimum absolute atomic E-state index is 0.122. The molecule has 1 aliphatic rings. The summed E-state index contributed by atoms with van der Waals surface area (Å²) in [6.07, 6.45) is 4.23. The van der Waals surface area contributed by atoms with Gasteiger partial charge < -0.3 is 14.2 Å². The van der Waals surface area contributed by atoms with Crippen molar-refractivity contribution in [3.8, 4) is 16.9 Å². The largest absolute Gasteiger partial charge is 0.493 e. The van der Waals surface area contributed by atoms with Crippen LogP contribution in [0, 0.1) is 5.82 Å². The zero-order valence-electron chi connectivity index (χ0n) is 17.8. The van der Waals surface area contributed by atoms with Crippen molar-refractivity contribution in [1.82, 2.24) is 19.4 Å². The van der Waals surface area contributed by atoms with Gasteiger partial charge in [0, 0.05) is 37.1 Å². The molecular weight excluding hydrogens is 391 g/mol. The molecule has 4 aromatic rings. The summed E-state index contributed by atoms with van der Waals surface area (Å²) in [6, 6.07) is 15.3. The number of para-hydroxylation sites is 1. The van der Waals surface area contributed by atoms with E-state index in [9.17, 15) is 4.39 Å². The number of hydrogen-bond acceptors (Lipinski definition) is 4. The molecule has 0 fully saturated rings. The van der Waals surface area contributed by atoms with Gasteiger partial charge in [-0.25, -0.2) is 9.37 Å². The molecule has 0 amide bonds. The summed E-state index contributed by atoms with van der Waals surface area (Å²) in [7, 11) is 4.11. The van der Waals surface area contributed by atoms with Gasteiger partial charge in [-0.3, -0.25) is 4.98 Å². The maximum Gasteiger partial charge on any atom is 0.133 e. The Morgan fingerprint density at radius 1 is 1.13 bits per heavy atom. The number of benzene rings is 2. The van der Waals surface area contributed by atoms with E-state index in [0.717, 1.165) is 42.2 Å². The number of nitrogens with zero attached hydrogens (tertiary/aromatic N) is 4. The summed E-state index contributed by atoms with van der Waals surface area (Å²) in [4.78, 5) is 11.1. The van der Waals surface area contributed by atoms with E-state index >= 15 is 0 Å². The number of halogens is 1. The van der Waals surface area contributed by atoms with Gasteiger partial charge in [-0.15, -0.1) is 0 Å². The smallest absolute Gasteiger partial charge is 0.133 e. The van der Waals surface area contributed by atoms with Crippen molar-refractivity contribution < 1.29 is 9.13 Å². The van der Waals surface area contributed by atoms with Gasteiger partial charge in [0.1, 0.15) is 17.4 Å². The summed E-state index contributed by atoms with van der Waals surface area (Å²) in [6.45, 7) is 2.21. The summed E-state index contributed by atoms with van der Waals surface area (Å²) in [5.74, 6) is 1.75. The second-order valence-corrected chi connectivity index (χ2v) is 8.30. The maximum atomic E-state index is 15.0. The lowest BCUT2D eigenvalue weighted by molar-refractivity contribution is 0.254. The molecule has 2 aromatic heterocycles. The standard InChI is InChI=1S/C25H25FN4O/c1-29(2)11-12-30-23-14-20(17-7-9-27-10-8-17)21(26)15-22(23)28-25(30)19-13-18-5-3-4-6-24(18)31-16-19/h3-10,14-15,19H,11-13,16H2,1-2H3. The van der Waals surface area contributed by atoms with Crippen molar-refractivity contribution in [2.24, 2.45) is 0 Å². The van der Waals surface area contributed by atoms with Crippen LogP contribution in [-0.4, -0.2) is 46.7 Å². The first kappa shape index (κ1) is 19.7. The Kier molecular flexibility index (Phi) is 5.16. The van der Waals surface area contributed by atoms with Crippen LogP contribution in [-0.2, 0) is 13.0 Å². The molecule has 1 aliphatic heterocycles. The van der Waals surface area contributed by atoms with E-state index in [2.05, 4.69) is 34.6 Å². The highest BCUT2D eigenvalue weighted by atomic mass is 19.1. The van der Waals surface area contributed by atoms with Crippen LogP contribution in [0.4, 0.5) is 4.39 Å². The topological polar surface area (TPSA) is 43.2 Å². The van der Waals surface area contributed by atoms with Crippen LogP contribution < -0.4 is 4.74 Å². The normalized spacial score (nSPS) is 15.8. The molecule has 0 saturated carbocycles. The number of ether oxygens (including phenoxy) is 1. The van der Waals surface area contributed by atoms with Gasteiger partial charge in [0.2, 0.25) is 0 Å². The quantitative estimate of drug-likeness (QED) is 0.480. The van der Waals surface area contributed by atoms with Gasteiger partial charge in [0.25, 0.3) is 0 Å². The number of pyridine rings is 1. The highest BCUT2D eigenvalue weighted by Gasteiger charge is 2.27. The van der Waals surface area contributed by atoms with E-state index in [1.54, 1.807) is 18.5 Å². The van der Waals surface area contributed by atoms with E-state index in [1.165, 1.54) is 5.56 Å². The van der Waals surface area contributed by atoms with Crippen molar-refractivity contribution in [2.45, 2.75) is 18.9 Å². The molecule has 3 heterocycles. The first-order valence-corrected chi connectivity index (χ1v) is 10.6. The number of likely N-dealkylation sites (N-methyl/N-ethyl adjacent to an activating group) is 1. The molecule has 0 bridgehead atoms. The number of hydrogen-bond donors (Lipinski definition) is 0. The predicted octanol–water partition coefficient (Wildman–Crippen LogP) is 4.52. The molecular formula is C25H25FN4O. The molecule has 158 valence electrons. The third kappa shape index (κ3) is 3.79. The number of imidazole rings is 1. The van der Waals surface area contributed by atoms with E-state index in [0.29, 0.717) is 17.7 Å². The van der Waals surface area contributed by atoms with E-state index in [-0.39, 0.29) is 11.7 Å². The number of aromatic nitrogens is 3. The lowest BCUT2D eigenvalue weighted by atomic mass is 9.96. The maximum absolute atomic E-state index is 15.0. The van der Waals surface area contributed by atoms with Crippen molar-refractivity contribution in [2.75, 3.05) is 27.2 Å². The summed E-state index contributed by atoms with van der Waals surface area (Å²) in [5.41, 5.74) is 4.20. The lowest BCUT2D eigenvalue weighted by Gasteiger charge is -2.26. The first-order valence-electron chi connectivity index (χ1n) is 10.6. The molecule has 0 N–H and O–H groups in total. The van der Waals surface area contributed by atoms with Crippen LogP contribution in [0.1, 0.15) is 17.3 Å². The summed E-state index contributed by atoms with van der Waals surface area (Å²) in [5, 5.41) is 0. The molecule has 5 nitrogen and oxygen atoms in total. The van der Waals surface area contributed by atoms with Gasteiger partial charge in [-0.05, 0) is 55.9 Å².